The fourth-order valence-corrected chi connectivity index (χ4v) is 8.58. The first-order valence-corrected chi connectivity index (χ1v) is 20.1. The van der Waals surface area contributed by atoms with E-state index in [1.807, 2.05) is 19.1 Å². The Morgan fingerprint density at radius 3 is 1.46 bits per heavy atom. The molecule has 3 nitrogen and oxygen atoms in total. The van der Waals surface area contributed by atoms with Crippen LogP contribution in [-0.2, 0) is 41.4 Å². The molecule has 0 aromatic heterocycles. The molecule has 0 spiro atoms. The Labute approximate surface area is 380 Å². The van der Waals surface area contributed by atoms with E-state index < -0.39 is 75.0 Å². The molecule has 1 aliphatic carbocycles. The molecule has 350 valence electrons. The average Bonchev–Trinajstić information content (AvgIpc) is 3.30. The zero-order chi connectivity index (χ0) is 47.9. The summed E-state index contributed by atoms with van der Waals surface area (Å²) >= 11 is 0. The van der Waals surface area contributed by atoms with E-state index in [-0.39, 0.29) is 97.2 Å². The van der Waals surface area contributed by atoms with Crippen molar-refractivity contribution in [2.24, 2.45) is 5.41 Å². The highest BCUT2D eigenvalue weighted by atomic mass is 79.9. The first-order valence-electron chi connectivity index (χ1n) is 20.1. The molecule has 0 radical (unpaired) electrons. The van der Waals surface area contributed by atoms with Gasteiger partial charge in [0.25, 0.3) is 0 Å². The predicted molar refractivity (Wildman–Crippen MR) is 231 cm³/mol. The third kappa shape index (κ3) is 10.00. The maximum atomic E-state index is 14.6. The van der Waals surface area contributed by atoms with Gasteiger partial charge in [0, 0.05) is 33.7 Å². The number of methoxy groups -OCH3 is 2. The third-order valence-electron chi connectivity index (χ3n) is 11.9. The normalized spacial score (nSPS) is 17.9. The van der Waals surface area contributed by atoms with Gasteiger partial charge in [-0.25, -0.2) is 0 Å². The number of nitrogens with zero attached hydrogens (tertiary/aromatic N) is 1. The van der Waals surface area contributed by atoms with Crippen LogP contribution in [0, 0.1) is 11.5 Å². The molecule has 0 saturated heterocycles. The molecule has 0 fully saturated rings. The summed E-state index contributed by atoms with van der Waals surface area (Å²) in [5, 5.41) is 0. The number of alkyl halides is 12. The molecule has 0 bridgehead atoms. The maximum absolute atomic E-state index is 14.6. The molecule has 4 aromatic rings. The molecule has 2 atom stereocenters. The van der Waals surface area contributed by atoms with Crippen molar-refractivity contribution in [3.05, 3.63) is 146 Å². The van der Waals surface area contributed by atoms with Gasteiger partial charge in [-0.3, -0.25) is 0 Å². The second-order valence-electron chi connectivity index (χ2n) is 18.6. The molecule has 1 heterocycles. The fraction of sp³-hybridized carbons (Fsp3) is 0.388. The second-order valence-corrected chi connectivity index (χ2v) is 18.6. The summed E-state index contributed by atoms with van der Waals surface area (Å²) in [7, 11) is 4.26. The van der Waals surface area contributed by atoms with E-state index in [0.29, 0.717) is 29.8 Å². The Kier molecular flexibility index (Phi) is 13.5. The SMILES string of the molecule is Br.COC1=C(C(C)(C)C)[C+]=C2C(=C1c1cc(C(F)(F)F)cc(C(F)(F)F)c1)C[N@@+](C)(C(C)c1ccccc1)Cc1c2cc(C(C)(C)C)c(OC)c1-c1cc(C(F)(F)F)cc(C(F)(F)F)c1. The molecule has 0 N–H and O–H groups in total. The number of halogens is 13. The Morgan fingerprint density at radius 2 is 1.06 bits per heavy atom. The van der Waals surface area contributed by atoms with Crippen LogP contribution < -0.4 is 4.74 Å². The summed E-state index contributed by atoms with van der Waals surface area (Å²) in [6.45, 7) is 12.0. The minimum atomic E-state index is -5.22. The number of hydrogen-bond donors (Lipinski definition) is 0. The highest BCUT2D eigenvalue weighted by molar-refractivity contribution is 8.93. The van der Waals surface area contributed by atoms with E-state index in [2.05, 4.69) is 6.08 Å². The smallest absolute Gasteiger partial charge is 0.416 e. The number of ether oxygens (including phenoxy) is 2. The first kappa shape index (κ1) is 51.2. The number of benzene rings is 4. The van der Waals surface area contributed by atoms with E-state index in [1.165, 1.54) is 14.2 Å². The minimum Gasteiger partial charge on any atom is -0.496 e. The number of quaternary nitrogens is 1. The van der Waals surface area contributed by atoms with Crippen LogP contribution in [0.5, 0.6) is 5.75 Å². The van der Waals surface area contributed by atoms with Crippen LogP contribution in [0.3, 0.4) is 0 Å². The molecule has 1 aliphatic heterocycles. The molecule has 65 heavy (non-hydrogen) atoms. The standard InChI is InChI=1S/C49H47F12NO2.BrH/c1-26(27-14-12-11-13-15-27)62(8)24-36-34(22-38(44(2,3)4)42(63-9)40(36)28-16-30(46(50,51)52)20-31(17-28)47(53,54)55)35-23-39(45(5,6)7)43(64-10)41(37(35)25-62)29-18-32(48(56,57)58)21-33(19-29)49(59,60)61;/h11-22,26H,24-25H2,1-10H3;1H/q+2;/t26?,62-;/m0./s1. The van der Waals surface area contributed by atoms with Crippen LogP contribution in [0.25, 0.3) is 22.3 Å². The van der Waals surface area contributed by atoms with Crippen LogP contribution >= 0.6 is 17.0 Å². The Bertz CT molecular complexity index is 2500. The second kappa shape index (κ2) is 17.1. The van der Waals surface area contributed by atoms with Crippen molar-refractivity contribution in [2.45, 2.75) is 91.2 Å². The lowest BCUT2D eigenvalue weighted by molar-refractivity contribution is -0.945. The molecule has 16 heteroatoms. The fourth-order valence-electron chi connectivity index (χ4n) is 8.58. The number of allylic oxidation sites excluding steroid dienone is 3. The topological polar surface area (TPSA) is 18.5 Å². The van der Waals surface area contributed by atoms with Crippen molar-refractivity contribution >= 4 is 28.1 Å². The summed E-state index contributed by atoms with van der Waals surface area (Å²) in [6.07, 6.45) is -17.5. The van der Waals surface area contributed by atoms with Gasteiger partial charge in [-0.1, -0.05) is 71.9 Å². The first-order chi connectivity index (χ1) is 29.2. The van der Waals surface area contributed by atoms with Crippen LogP contribution in [0.15, 0.2) is 89.7 Å². The van der Waals surface area contributed by atoms with E-state index >= 15 is 0 Å². The molecule has 1 unspecified atom stereocenters. The minimum absolute atomic E-state index is 0. The summed E-state index contributed by atoms with van der Waals surface area (Å²) in [5.74, 6) is -0.0721. The molecular weight excluding hydrogens is 942 g/mol. The van der Waals surface area contributed by atoms with Gasteiger partial charge in [0.05, 0.1) is 54.6 Å². The van der Waals surface area contributed by atoms with Crippen molar-refractivity contribution in [2.75, 3.05) is 27.8 Å². The molecule has 2 aliphatic rings. The van der Waals surface area contributed by atoms with Gasteiger partial charge < -0.3 is 14.0 Å². The van der Waals surface area contributed by atoms with E-state index in [0.717, 1.165) is 5.56 Å². The summed E-state index contributed by atoms with van der Waals surface area (Å²) in [4.78, 5) is 0. The average molecular weight is 991 g/mol. The monoisotopic (exact) mass is 989 g/mol. The lowest BCUT2D eigenvalue weighted by Gasteiger charge is -2.39. The van der Waals surface area contributed by atoms with Gasteiger partial charge in [-0.15, -0.1) is 17.0 Å². The van der Waals surface area contributed by atoms with Crippen LogP contribution in [0.2, 0.25) is 0 Å². The van der Waals surface area contributed by atoms with Crippen molar-refractivity contribution in [1.82, 2.24) is 0 Å². The molecule has 6 rings (SSSR count). The van der Waals surface area contributed by atoms with Gasteiger partial charge >= 0.3 is 24.7 Å². The van der Waals surface area contributed by atoms with Crippen LogP contribution in [0.4, 0.5) is 52.7 Å². The largest absolute Gasteiger partial charge is 0.496 e. The van der Waals surface area contributed by atoms with Crippen LogP contribution in [0.1, 0.15) is 105 Å². The maximum Gasteiger partial charge on any atom is 0.416 e. The van der Waals surface area contributed by atoms with Gasteiger partial charge in [-0.2, -0.15) is 52.7 Å². The van der Waals surface area contributed by atoms with E-state index in [9.17, 15) is 52.7 Å². The van der Waals surface area contributed by atoms with Gasteiger partial charge in [0.2, 0.25) is 5.76 Å². The Hall–Kier alpha value is -4.79. The van der Waals surface area contributed by atoms with Crippen molar-refractivity contribution in [3.8, 4) is 16.9 Å². The van der Waals surface area contributed by atoms with Crippen molar-refractivity contribution in [1.29, 1.82) is 0 Å². The number of likely N-dealkylation sites (N-methyl/N-ethyl adjacent to an activating group) is 1. The molecular formula is C49H48BrF12NO2+2. The third-order valence-corrected chi connectivity index (χ3v) is 11.9. The highest BCUT2D eigenvalue weighted by Crippen LogP contribution is 2.55. The van der Waals surface area contributed by atoms with Gasteiger partial charge in [0.15, 0.2) is 5.57 Å². The van der Waals surface area contributed by atoms with Crippen LogP contribution in [-0.4, -0.2) is 32.3 Å². The van der Waals surface area contributed by atoms with Gasteiger partial charge in [0.1, 0.15) is 41.6 Å². The number of rotatable bonds is 6. The van der Waals surface area contributed by atoms with Gasteiger partial charge in [-0.05, 0) is 60.4 Å². The quantitative estimate of drug-likeness (QED) is 0.109. The van der Waals surface area contributed by atoms with E-state index in [4.69, 9.17) is 9.47 Å². The van der Waals surface area contributed by atoms with Crippen molar-refractivity contribution in [3.63, 3.8) is 0 Å². The highest BCUT2D eigenvalue weighted by Gasteiger charge is 2.50. The lowest BCUT2D eigenvalue weighted by Crippen LogP contribution is -2.46. The Balaban J connectivity index is 0.00000793. The molecule has 0 saturated carbocycles. The van der Waals surface area contributed by atoms with E-state index in [1.54, 1.807) is 72.9 Å². The number of hydrogen-bond acceptors (Lipinski definition) is 2. The summed E-state index contributed by atoms with van der Waals surface area (Å²) < 4.78 is 187. The summed E-state index contributed by atoms with van der Waals surface area (Å²) in [6, 6.07) is 12.6. The molecule has 4 aromatic carbocycles. The zero-order valence-corrected chi connectivity index (χ0v) is 38.8. The predicted octanol–water partition coefficient (Wildman–Crippen LogP) is 15.6. The lowest BCUT2D eigenvalue weighted by atomic mass is 9.73. The van der Waals surface area contributed by atoms with Crippen molar-refractivity contribution < 1.29 is 66.6 Å². The Morgan fingerprint density at radius 1 is 0.600 bits per heavy atom. The summed E-state index contributed by atoms with van der Waals surface area (Å²) in [5.41, 5.74) is -7.21. The molecule has 0 amide bonds. The number of fused-ring (bicyclic) bond motifs is 3. The zero-order valence-electron chi connectivity index (χ0n) is 37.1.